The third-order valence-electron chi connectivity index (χ3n) is 13.0. The van der Waals surface area contributed by atoms with E-state index in [4.69, 9.17) is 14.2 Å². The molecule has 0 fully saturated rings. The van der Waals surface area contributed by atoms with Crippen LogP contribution in [0.2, 0.25) is 0 Å². The molecule has 0 radical (unpaired) electrons. The lowest BCUT2D eigenvalue weighted by Gasteiger charge is -2.18. The third-order valence-corrected chi connectivity index (χ3v) is 13.0. The summed E-state index contributed by atoms with van der Waals surface area (Å²) in [5, 5.41) is 0. The number of hydrogen-bond acceptors (Lipinski definition) is 6. The van der Waals surface area contributed by atoms with Gasteiger partial charge in [-0.15, -0.1) is 0 Å². The molecule has 0 saturated carbocycles. The Hall–Kier alpha value is -2.89. The Balaban J connectivity index is 4.30. The lowest BCUT2D eigenvalue weighted by atomic mass is 10.0. The van der Waals surface area contributed by atoms with Crippen LogP contribution in [0.3, 0.4) is 0 Å². The van der Waals surface area contributed by atoms with Gasteiger partial charge in [-0.1, -0.05) is 281 Å². The predicted octanol–water partition coefficient (Wildman–Crippen LogP) is 20.0. The van der Waals surface area contributed by atoms with Crippen molar-refractivity contribution in [1.82, 2.24) is 0 Å². The van der Waals surface area contributed by atoms with Gasteiger partial charge in [0, 0.05) is 19.3 Å². The van der Waals surface area contributed by atoms with E-state index in [2.05, 4.69) is 81.5 Å². The fourth-order valence-electron chi connectivity index (χ4n) is 8.59. The van der Waals surface area contributed by atoms with Crippen molar-refractivity contribution in [3.05, 3.63) is 60.8 Å². The minimum absolute atomic E-state index is 0.0838. The molecular formula is C63H112O6. The maximum Gasteiger partial charge on any atom is 0.306 e. The molecule has 1 unspecified atom stereocenters. The average Bonchev–Trinajstić information content (AvgIpc) is 3.35. The number of ether oxygens (including phenoxy) is 3. The molecule has 0 heterocycles. The first kappa shape index (κ1) is 66.1. The molecule has 0 saturated heterocycles. The van der Waals surface area contributed by atoms with Gasteiger partial charge in [-0.2, -0.15) is 0 Å². The Labute approximate surface area is 428 Å². The molecule has 0 N–H and O–H groups in total. The number of allylic oxidation sites excluding steroid dienone is 10. The van der Waals surface area contributed by atoms with E-state index in [0.717, 1.165) is 96.3 Å². The minimum Gasteiger partial charge on any atom is -0.462 e. The first-order chi connectivity index (χ1) is 34.0. The van der Waals surface area contributed by atoms with E-state index in [0.29, 0.717) is 19.3 Å². The van der Waals surface area contributed by atoms with Crippen LogP contribution in [0.4, 0.5) is 0 Å². The predicted molar refractivity (Wildman–Crippen MR) is 298 cm³/mol. The van der Waals surface area contributed by atoms with Crippen LogP contribution < -0.4 is 0 Å². The largest absolute Gasteiger partial charge is 0.462 e. The summed E-state index contributed by atoms with van der Waals surface area (Å²) < 4.78 is 16.8. The summed E-state index contributed by atoms with van der Waals surface area (Å²) in [6.45, 7) is 6.52. The number of carbonyl (C=O) groups excluding carboxylic acids is 3. The molecule has 0 aromatic rings. The first-order valence-electron chi connectivity index (χ1n) is 29.8. The summed E-state index contributed by atoms with van der Waals surface area (Å²) in [5.74, 6) is -0.904. The zero-order valence-electron chi connectivity index (χ0n) is 45.8. The Kier molecular flexibility index (Phi) is 55.3. The molecule has 69 heavy (non-hydrogen) atoms. The molecule has 1 atom stereocenters. The van der Waals surface area contributed by atoms with Crippen LogP contribution in [0.5, 0.6) is 0 Å². The average molecular weight is 966 g/mol. The number of esters is 3. The zero-order valence-corrected chi connectivity index (χ0v) is 45.8. The molecule has 6 nitrogen and oxygen atoms in total. The second kappa shape index (κ2) is 57.7. The normalized spacial score (nSPS) is 12.4. The smallest absolute Gasteiger partial charge is 0.306 e. The number of rotatable bonds is 54. The Morgan fingerprint density at radius 3 is 0.884 bits per heavy atom. The van der Waals surface area contributed by atoms with Crippen molar-refractivity contribution < 1.29 is 28.6 Å². The Morgan fingerprint density at radius 2 is 0.565 bits per heavy atom. The van der Waals surface area contributed by atoms with Gasteiger partial charge in [0.2, 0.25) is 0 Å². The van der Waals surface area contributed by atoms with Crippen molar-refractivity contribution in [2.24, 2.45) is 0 Å². The molecule has 400 valence electrons. The molecule has 0 aromatic carbocycles. The maximum absolute atomic E-state index is 12.8. The molecule has 0 aliphatic carbocycles. The second-order valence-electron chi connectivity index (χ2n) is 19.9. The number of unbranched alkanes of at least 4 members (excludes halogenated alkanes) is 33. The molecule has 0 aromatic heterocycles. The van der Waals surface area contributed by atoms with Crippen molar-refractivity contribution in [2.75, 3.05) is 13.2 Å². The third kappa shape index (κ3) is 55.9. The molecule has 0 aliphatic rings. The van der Waals surface area contributed by atoms with Crippen LogP contribution in [0.1, 0.15) is 303 Å². The van der Waals surface area contributed by atoms with Gasteiger partial charge in [0.25, 0.3) is 0 Å². The minimum atomic E-state index is -0.788. The van der Waals surface area contributed by atoms with E-state index >= 15 is 0 Å². The van der Waals surface area contributed by atoms with Gasteiger partial charge < -0.3 is 14.2 Å². The maximum atomic E-state index is 12.8. The van der Waals surface area contributed by atoms with Crippen LogP contribution >= 0.6 is 0 Å². The highest BCUT2D eigenvalue weighted by Crippen LogP contribution is 2.17. The van der Waals surface area contributed by atoms with E-state index in [1.165, 1.54) is 167 Å². The van der Waals surface area contributed by atoms with E-state index in [9.17, 15) is 14.4 Å². The zero-order chi connectivity index (χ0) is 50.0. The summed E-state index contributed by atoms with van der Waals surface area (Å²) in [6, 6.07) is 0. The van der Waals surface area contributed by atoms with Gasteiger partial charge in [0.05, 0.1) is 0 Å². The van der Waals surface area contributed by atoms with Crippen molar-refractivity contribution in [3.8, 4) is 0 Å². The standard InChI is InChI=1S/C63H112O6/c1-4-7-10-13-16-19-22-24-26-28-30-31-32-34-35-37-39-41-44-47-50-53-56-62(65)68-59-60(58-67-61(64)55-52-49-46-43-21-18-15-12-9-6-3)69-63(66)57-54-51-48-45-42-40-38-36-33-29-27-25-23-20-17-14-11-8-5-2/h8,11,17,20,25,27,33,36,40,42,60H,4-7,9-10,12-16,18-19,21-24,26,28-32,34-35,37-39,41,43-59H2,1-3H3/b11-8-,20-17-,27-25-,36-33-,42-40-. The van der Waals surface area contributed by atoms with Gasteiger partial charge >= 0.3 is 17.9 Å². The monoisotopic (exact) mass is 965 g/mol. The van der Waals surface area contributed by atoms with Crippen molar-refractivity contribution >= 4 is 17.9 Å². The molecule has 6 heteroatoms. The Bertz CT molecular complexity index is 1250. The molecule has 0 spiro atoms. The summed E-state index contributed by atoms with van der Waals surface area (Å²) in [4.78, 5) is 38.1. The van der Waals surface area contributed by atoms with E-state index < -0.39 is 6.10 Å². The number of carbonyl (C=O) groups is 3. The summed E-state index contributed by atoms with van der Waals surface area (Å²) in [7, 11) is 0. The highest BCUT2D eigenvalue weighted by atomic mass is 16.6. The van der Waals surface area contributed by atoms with Crippen molar-refractivity contribution in [2.45, 2.75) is 309 Å². The number of hydrogen-bond donors (Lipinski definition) is 0. The van der Waals surface area contributed by atoms with Crippen LogP contribution in [-0.4, -0.2) is 37.2 Å². The topological polar surface area (TPSA) is 78.9 Å². The molecule has 0 aliphatic heterocycles. The quantitative estimate of drug-likeness (QED) is 0.0262. The van der Waals surface area contributed by atoms with Crippen LogP contribution in [0, 0.1) is 0 Å². The summed E-state index contributed by atoms with van der Waals surface area (Å²) in [6.07, 6.45) is 72.3. The first-order valence-corrected chi connectivity index (χ1v) is 29.8. The lowest BCUT2D eigenvalue weighted by molar-refractivity contribution is -0.167. The second-order valence-corrected chi connectivity index (χ2v) is 19.9. The fraction of sp³-hybridized carbons (Fsp3) is 0.794. The molecule has 0 bridgehead atoms. The summed E-state index contributed by atoms with van der Waals surface area (Å²) >= 11 is 0. The highest BCUT2D eigenvalue weighted by Gasteiger charge is 2.19. The van der Waals surface area contributed by atoms with Crippen molar-refractivity contribution in [3.63, 3.8) is 0 Å². The Morgan fingerprint density at radius 1 is 0.304 bits per heavy atom. The SMILES string of the molecule is CC/C=C\C/C=C\C/C=C\C/C=C\C/C=C\CCCCCC(=O)OC(COC(=O)CCCCCCCCCCCC)COC(=O)CCCCCCCCCCCCCCCCCCCCCCCC. The van der Waals surface area contributed by atoms with Crippen LogP contribution in [-0.2, 0) is 28.6 Å². The molecule has 0 amide bonds. The fourth-order valence-corrected chi connectivity index (χ4v) is 8.59. The highest BCUT2D eigenvalue weighted by molar-refractivity contribution is 5.71. The van der Waals surface area contributed by atoms with Gasteiger partial charge in [0.1, 0.15) is 13.2 Å². The van der Waals surface area contributed by atoms with Crippen LogP contribution in [0.15, 0.2) is 60.8 Å². The van der Waals surface area contributed by atoms with E-state index in [1.807, 2.05) is 0 Å². The molecule has 0 rings (SSSR count). The van der Waals surface area contributed by atoms with Crippen LogP contribution in [0.25, 0.3) is 0 Å². The van der Waals surface area contributed by atoms with Gasteiger partial charge in [-0.05, 0) is 64.2 Å². The van der Waals surface area contributed by atoms with E-state index in [-0.39, 0.29) is 31.1 Å². The van der Waals surface area contributed by atoms with Gasteiger partial charge in [0.15, 0.2) is 6.10 Å². The lowest BCUT2D eigenvalue weighted by Crippen LogP contribution is -2.30. The van der Waals surface area contributed by atoms with Gasteiger partial charge in [-0.25, -0.2) is 0 Å². The molecular weight excluding hydrogens is 853 g/mol. The van der Waals surface area contributed by atoms with Crippen molar-refractivity contribution in [1.29, 1.82) is 0 Å². The van der Waals surface area contributed by atoms with E-state index in [1.54, 1.807) is 0 Å². The van der Waals surface area contributed by atoms with Gasteiger partial charge in [-0.3, -0.25) is 14.4 Å². The summed E-state index contributed by atoms with van der Waals surface area (Å²) in [5.41, 5.74) is 0.